The van der Waals surface area contributed by atoms with Gasteiger partial charge < -0.3 is 5.32 Å². The lowest BCUT2D eigenvalue weighted by Crippen LogP contribution is -2.45. The number of amides is 1. The molecule has 80 valence electrons. The van der Waals surface area contributed by atoms with E-state index >= 15 is 0 Å². The predicted molar refractivity (Wildman–Crippen MR) is 56.9 cm³/mol. The Morgan fingerprint density at radius 1 is 1.50 bits per heavy atom. The lowest BCUT2D eigenvalue weighted by molar-refractivity contribution is -0.119. The molecule has 2 rings (SSSR count). The van der Waals surface area contributed by atoms with Crippen LogP contribution in [0.1, 0.15) is 52.9 Å². The summed E-state index contributed by atoms with van der Waals surface area (Å²) in [5.41, 5.74) is 0.290. The number of rotatable bonds is 1. The van der Waals surface area contributed by atoms with Crippen LogP contribution in [0.15, 0.2) is 0 Å². The summed E-state index contributed by atoms with van der Waals surface area (Å²) in [7, 11) is 0. The van der Waals surface area contributed by atoms with Gasteiger partial charge in [0.05, 0.1) is 0 Å². The molecule has 2 aliphatic rings. The van der Waals surface area contributed by atoms with Gasteiger partial charge in [-0.3, -0.25) is 4.79 Å². The van der Waals surface area contributed by atoms with E-state index in [-0.39, 0.29) is 16.9 Å². The van der Waals surface area contributed by atoms with E-state index in [1.54, 1.807) is 0 Å². The van der Waals surface area contributed by atoms with Gasteiger partial charge in [-0.2, -0.15) is 0 Å². The molecule has 2 atom stereocenters. The molecule has 1 amide bonds. The molecule has 1 N–H and O–H groups in total. The SMILES string of the molecule is CCC1CCC2(CC(=O)NC2(C)C)C1. The first kappa shape index (κ1) is 10.0. The third-order valence-corrected chi connectivity index (χ3v) is 4.56. The summed E-state index contributed by atoms with van der Waals surface area (Å²) in [5.74, 6) is 1.11. The standard InChI is InChI=1S/C12H21NO/c1-4-9-5-6-12(7-9)8-10(14)13-11(12,2)3/h9H,4-8H2,1-3H3,(H,13,14). The molecule has 1 saturated carbocycles. The van der Waals surface area contributed by atoms with Crippen LogP contribution < -0.4 is 5.32 Å². The highest BCUT2D eigenvalue weighted by Gasteiger charge is 2.55. The van der Waals surface area contributed by atoms with E-state index in [4.69, 9.17) is 0 Å². The number of hydrogen-bond donors (Lipinski definition) is 1. The molecule has 1 heterocycles. The summed E-state index contributed by atoms with van der Waals surface area (Å²) in [6, 6.07) is 0. The average molecular weight is 195 g/mol. The van der Waals surface area contributed by atoms with Crippen LogP contribution >= 0.6 is 0 Å². The smallest absolute Gasteiger partial charge is 0.221 e. The van der Waals surface area contributed by atoms with E-state index in [1.165, 1.54) is 25.7 Å². The first-order valence-corrected chi connectivity index (χ1v) is 5.80. The molecule has 1 aliphatic heterocycles. The van der Waals surface area contributed by atoms with Crippen molar-refractivity contribution in [2.24, 2.45) is 11.3 Å². The number of carbonyl (C=O) groups excluding carboxylic acids is 1. The Kier molecular flexibility index (Phi) is 2.13. The van der Waals surface area contributed by atoms with Gasteiger partial charge in [-0.15, -0.1) is 0 Å². The first-order chi connectivity index (χ1) is 6.49. The summed E-state index contributed by atoms with van der Waals surface area (Å²) in [4.78, 5) is 11.5. The van der Waals surface area contributed by atoms with Gasteiger partial charge in [-0.05, 0) is 39.0 Å². The van der Waals surface area contributed by atoms with Gasteiger partial charge in [0.15, 0.2) is 0 Å². The Morgan fingerprint density at radius 2 is 2.21 bits per heavy atom. The van der Waals surface area contributed by atoms with Gasteiger partial charge in [0.2, 0.25) is 5.91 Å². The first-order valence-electron chi connectivity index (χ1n) is 5.80. The van der Waals surface area contributed by atoms with Crippen LogP contribution in [-0.4, -0.2) is 11.4 Å². The summed E-state index contributed by atoms with van der Waals surface area (Å²) in [6.07, 6.45) is 5.82. The van der Waals surface area contributed by atoms with Gasteiger partial charge in [-0.25, -0.2) is 0 Å². The van der Waals surface area contributed by atoms with Crippen molar-refractivity contribution < 1.29 is 4.79 Å². The zero-order valence-corrected chi connectivity index (χ0v) is 9.52. The van der Waals surface area contributed by atoms with E-state index in [0.29, 0.717) is 0 Å². The summed E-state index contributed by atoms with van der Waals surface area (Å²) in [6.45, 7) is 6.65. The van der Waals surface area contributed by atoms with Crippen molar-refractivity contribution in [2.45, 2.75) is 58.4 Å². The molecule has 14 heavy (non-hydrogen) atoms. The van der Waals surface area contributed by atoms with Crippen molar-refractivity contribution in [1.29, 1.82) is 0 Å². The molecular weight excluding hydrogens is 174 g/mol. The molecule has 0 aromatic rings. The minimum absolute atomic E-state index is 0.0218. The van der Waals surface area contributed by atoms with Gasteiger partial charge in [-0.1, -0.05) is 13.3 Å². The van der Waals surface area contributed by atoms with Crippen molar-refractivity contribution in [3.8, 4) is 0 Å². The molecule has 0 bridgehead atoms. The second-order valence-corrected chi connectivity index (χ2v) is 5.65. The molecule has 2 fully saturated rings. The van der Waals surface area contributed by atoms with E-state index in [1.807, 2.05) is 0 Å². The van der Waals surface area contributed by atoms with Crippen LogP contribution in [-0.2, 0) is 4.79 Å². The Balaban J connectivity index is 2.20. The fourth-order valence-corrected chi connectivity index (χ4v) is 3.37. The zero-order valence-electron chi connectivity index (χ0n) is 9.52. The molecule has 2 unspecified atom stereocenters. The molecule has 1 saturated heterocycles. The van der Waals surface area contributed by atoms with Crippen LogP contribution in [0, 0.1) is 11.3 Å². The van der Waals surface area contributed by atoms with Crippen LogP contribution in [0.25, 0.3) is 0 Å². The molecule has 0 aromatic heterocycles. The monoisotopic (exact) mass is 195 g/mol. The predicted octanol–water partition coefficient (Wildman–Crippen LogP) is 2.48. The molecule has 1 aliphatic carbocycles. The van der Waals surface area contributed by atoms with E-state index in [2.05, 4.69) is 26.1 Å². The molecular formula is C12H21NO. The number of carbonyl (C=O) groups is 1. The highest BCUT2D eigenvalue weighted by molar-refractivity contribution is 5.81. The van der Waals surface area contributed by atoms with Crippen molar-refractivity contribution >= 4 is 5.91 Å². The van der Waals surface area contributed by atoms with Crippen LogP contribution in [0.3, 0.4) is 0 Å². The van der Waals surface area contributed by atoms with E-state index in [9.17, 15) is 4.79 Å². The quantitative estimate of drug-likeness (QED) is 0.684. The lowest BCUT2D eigenvalue weighted by Gasteiger charge is -2.37. The minimum Gasteiger partial charge on any atom is -0.351 e. The maximum atomic E-state index is 11.5. The third kappa shape index (κ3) is 1.27. The molecule has 0 radical (unpaired) electrons. The topological polar surface area (TPSA) is 29.1 Å². The average Bonchev–Trinajstić information content (AvgIpc) is 2.56. The normalized spacial score (nSPS) is 40.5. The van der Waals surface area contributed by atoms with E-state index < -0.39 is 0 Å². The molecule has 2 nitrogen and oxygen atoms in total. The fourth-order valence-electron chi connectivity index (χ4n) is 3.37. The van der Waals surface area contributed by atoms with Crippen molar-refractivity contribution in [1.82, 2.24) is 5.32 Å². The van der Waals surface area contributed by atoms with Crippen LogP contribution in [0.4, 0.5) is 0 Å². The molecule has 1 spiro atoms. The summed E-state index contributed by atoms with van der Waals surface area (Å²) in [5, 5.41) is 3.13. The fraction of sp³-hybridized carbons (Fsp3) is 0.917. The third-order valence-electron chi connectivity index (χ3n) is 4.56. The lowest BCUT2D eigenvalue weighted by atomic mass is 9.70. The van der Waals surface area contributed by atoms with Crippen molar-refractivity contribution in [3.05, 3.63) is 0 Å². The summed E-state index contributed by atoms with van der Waals surface area (Å²) < 4.78 is 0. The largest absolute Gasteiger partial charge is 0.351 e. The maximum Gasteiger partial charge on any atom is 0.221 e. The highest BCUT2D eigenvalue weighted by Crippen LogP contribution is 2.54. The molecule has 0 aromatic carbocycles. The number of nitrogens with one attached hydrogen (secondary N) is 1. The van der Waals surface area contributed by atoms with Crippen molar-refractivity contribution in [2.75, 3.05) is 0 Å². The second-order valence-electron chi connectivity index (χ2n) is 5.65. The highest BCUT2D eigenvalue weighted by atomic mass is 16.2. The Bertz CT molecular complexity index is 259. The van der Waals surface area contributed by atoms with Gasteiger partial charge in [0.1, 0.15) is 0 Å². The van der Waals surface area contributed by atoms with Gasteiger partial charge in [0.25, 0.3) is 0 Å². The maximum absolute atomic E-state index is 11.5. The zero-order chi connectivity index (χ0) is 10.4. The Labute approximate surface area is 86.5 Å². The van der Waals surface area contributed by atoms with E-state index in [0.717, 1.165) is 12.3 Å². The Hall–Kier alpha value is -0.530. The Morgan fingerprint density at radius 3 is 2.64 bits per heavy atom. The van der Waals surface area contributed by atoms with Gasteiger partial charge >= 0.3 is 0 Å². The molecule has 2 heteroatoms. The van der Waals surface area contributed by atoms with Crippen molar-refractivity contribution in [3.63, 3.8) is 0 Å². The van der Waals surface area contributed by atoms with Crippen LogP contribution in [0.5, 0.6) is 0 Å². The number of hydrogen-bond acceptors (Lipinski definition) is 1. The summed E-state index contributed by atoms with van der Waals surface area (Å²) >= 11 is 0. The van der Waals surface area contributed by atoms with Crippen LogP contribution in [0.2, 0.25) is 0 Å². The minimum atomic E-state index is 0.0218. The second kappa shape index (κ2) is 2.98. The van der Waals surface area contributed by atoms with Gasteiger partial charge in [0, 0.05) is 17.4 Å².